The van der Waals surface area contributed by atoms with Gasteiger partial charge in [-0.3, -0.25) is 4.57 Å². The van der Waals surface area contributed by atoms with E-state index in [2.05, 4.69) is 26.8 Å². The third-order valence-electron chi connectivity index (χ3n) is 4.29. The third kappa shape index (κ3) is 3.48. The molecule has 10 nitrogen and oxygen atoms in total. The average molecular weight is 349 g/mol. The standard InChI is InChI=1S/C15H23N7O3/c1-8(4-16)2-3-18-5-9-11(23)12(24)15(25-9)22-7-21-10-13(17)19-6-20-14(10)22/h6-7,9,11-12,15,18,23-24H,1-5,16H2,(H2,17,19,20)/t9-,11-,12-,15-/m1/s1. The minimum Gasteiger partial charge on any atom is -0.387 e. The lowest BCUT2D eigenvalue weighted by Gasteiger charge is -2.16. The van der Waals surface area contributed by atoms with Gasteiger partial charge < -0.3 is 31.7 Å². The van der Waals surface area contributed by atoms with Gasteiger partial charge in [0.05, 0.1) is 6.33 Å². The number of hydrogen-bond acceptors (Lipinski definition) is 9. The molecule has 10 heteroatoms. The molecule has 2 aromatic rings. The second-order valence-corrected chi connectivity index (χ2v) is 6.04. The molecule has 0 amide bonds. The highest BCUT2D eigenvalue weighted by Crippen LogP contribution is 2.31. The maximum absolute atomic E-state index is 10.4. The highest BCUT2D eigenvalue weighted by molar-refractivity contribution is 5.81. The molecule has 7 N–H and O–H groups in total. The van der Waals surface area contributed by atoms with Crippen molar-refractivity contribution in [3.63, 3.8) is 0 Å². The number of nitrogen functional groups attached to an aromatic ring is 1. The van der Waals surface area contributed by atoms with Crippen LogP contribution in [0.25, 0.3) is 11.2 Å². The Labute approximate surface area is 144 Å². The SMILES string of the molecule is C=C(CN)CCNC[C@H]1O[C@@H](n2cnc3c(N)ncnc32)[C@H](O)[C@@H]1O. The molecule has 0 spiro atoms. The molecule has 25 heavy (non-hydrogen) atoms. The van der Waals surface area contributed by atoms with E-state index < -0.39 is 24.5 Å². The number of aliphatic hydroxyl groups excluding tert-OH is 2. The lowest BCUT2D eigenvalue weighted by Crippen LogP contribution is -2.38. The second kappa shape index (κ2) is 7.42. The van der Waals surface area contributed by atoms with Gasteiger partial charge in [-0.15, -0.1) is 0 Å². The Morgan fingerprint density at radius 3 is 2.88 bits per heavy atom. The van der Waals surface area contributed by atoms with E-state index in [-0.39, 0.29) is 5.82 Å². The molecular formula is C15H23N7O3. The molecule has 3 heterocycles. The Balaban J connectivity index is 1.67. The van der Waals surface area contributed by atoms with E-state index in [1.165, 1.54) is 12.7 Å². The van der Waals surface area contributed by atoms with Gasteiger partial charge in [0.25, 0.3) is 0 Å². The summed E-state index contributed by atoms with van der Waals surface area (Å²) in [5.41, 5.74) is 13.1. The second-order valence-electron chi connectivity index (χ2n) is 6.04. The first kappa shape index (κ1) is 17.7. The number of nitrogens with two attached hydrogens (primary N) is 2. The van der Waals surface area contributed by atoms with Crippen LogP contribution in [0.5, 0.6) is 0 Å². The summed E-state index contributed by atoms with van der Waals surface area (Å²) >= 11 is 0. The number of aliphatic hydroxyl groups is 2. The molecule has 0 radical (unpaired) electrons. The van der Waals surface area contributed by atoms with Gasteiger partial charge in [-0.2, -0.15) is 0 Å². The smallest absolute Gasteiger partial charge is 0.167 e. The molecule has 2 aromatic heterocycles. The van der Waals surface area contributed by atoms with Gasteiger partial charge in [0, 0.05) is 13.1 Å². The van der Waals surface area contributed by atoms with Crippen molar-refractivity contribution in [2.24, 2.45) is 5.73 Å². The monoisotopic (exact) mass is 349 g/mol. The Morgan fingerprint density at radius 1 is 1.32 bits per heavy atom. The van der Waals surface area contributed by atoms with Crippen LogP contribution in [-0.4, -0.2) is 67.7 Å². The summed E-state index contributed by atoms with van der Waals surface area (Å²) in [5.74, 6) is 0.245. The number of hydrogen-bond donors (Lipinski definition) is 5. The van der Waals surface area contributed by atoms with Gasteiger partial charge in [0.15, 0.2) is 17.7 Å². The zero-order valence-electron chi connectivity index (χ0n) is 13.7. The summed E-state index contributed by atoms with van der Waals surface area (Å²) in [6.07, 6.45) is 0.0104. The van der Waals surface area contributed by atoms with Crippen LogP contribution in [0.15, 0.2) is 24.8 Å². The topological polar surface area (TPSA) is 157 Å². The summed E-state index contributed by atoms with van der Waals surface area (Å²) < 4.78 is 7.38. The van der Waals surface area contributed by atoms with Crippen LogP contribution in [-0.2, 0) is 4.74 Å². The minimum atomic E-state index is -1.11. The van der Waals surface area contributed by atoms with E-state index in [1.807, 2.05) is 0 Å². The molecule has 4 atom stereocenters. The molecule has 0 aromatic carbocycles. The molecule has 3 rings (SSSR count). The molecule has 0 unspecified atom stereocenters. The Morgan fingerprint density at radius 2 is 2.12 bits per heavy atom. The van der Waals surface area contributed by atoms with Gasteiger partial charge in [-0.1, -0.05) is 12.2 Å². The highest BCUT2D eigenvalue weighted by Gasteiger charge is 2.44. The fourth-order valence-electron chi connectivity index (χ4n) is 2.80. The molecule has 136 valence electrons. The summed E-state index contributed by atoms with van der Waals surface area (Å²) in [6.45, 7) is 5.33. The largest absolute Gasteiger partial charge is 0.387 e. The van der Waals surface area contributed by atoms with Gasteiger partial charge >= 0.3 is 0 Å². The van der Waals surface area contributed by atoms with Gasteiger partial charge in [0.2, 0.25) is 0 Å². The van der Waals surface area contributed by atoms with Crippen molar-refractivity contribution in [3.05, 3.63) is 24.8 Å². The lowest BCUT2D eigenvalue weighted by molar-refractivity contribution is -0.0341. The van der Waals surface area contributed by atoms with Gasteiger partial charge in [0.1, 0.15) is 30.2 Å². The summed E-state index contributed by atoms with van der Waals surface area (Å²) in [4.78, 5) is 12.2. The van der Waals surface area contributed by atoms with Crippen LogP contribution in [0.3, 0.4) is 0 Å². The van der Waals surface area contributed by atoms with Crippen molar-refractivity contribution < 1.29 is 14.9 Å². The van der Waals surface area contributed by atoms with Crippen LogP contribution in [0.1, 0.15) is 12.6 Å². The summed E-state index contributed by atoms with van der Waals surface area (Å²) in [6, 6.07) is 0. The van der Waals surface area contributed by atoms with E-state index >= 15 is 0 Å². The van der Waals surface area contributed by atoms with E-state index in [9.17, 15) is 10.2 Å². The van der Waals surface area contributed by atoms with Crippen LogP contribution in [0, 0.1) is 0 Å². The fraction of sp³-hybridized carbons (Fsp3) is 0.533. The van der Waals surface area contributed by atoms with Crippen molar-refractivity contribution in [1.29, 1.82) is 0 Å². The van der Waals surface area contributed by atoms with Crippen LogP contribution in [0.2, 0.25) is 0 Å². The average Bonchev–Trinajstić information content (AvgIpc) is 3.15. The maximum atomic E-state index is 10.4. The number of imidazole rings is 1. The molecule has 1 aliphatic heterocycles. The van der Waals surface area contributed by atoms with Crippen LogP contribution < -0.4 is 16.8 Å². The van der Waals surface area contributed by atoms with Gasteiger partial charge in [-0.25, -0.2) is 15.0 Å². The van der Waals surface area contributed by atoms with Crippen LogP contribution >= 0.6 is 0 Å². The molecule has 1 fully saturated rings. The molecule has 0 saturated carbocycles. The first-order valence-corrected chi connectivity index (χ1v) is 8.05. The molecule has 1 aliphatic rings. The fourth-order valence-corrected chi connectivity index (χ4v) is 2.80. The maximum Gasteiger partial charge on any atom is 0.167 e. The van der Waals surface area contributed by atoms with Crippen molar-refractivity contribution in [3.8, 4) is 0 Å². The molecule has 0 bridgehead atoms. The Hall–Kier alpha value is -2.11. The number of rotatable bonds is 7. The van der Waals surface area contributed by atoms with Crippen LogP contribution in [0.4, 0.5) is 5.82 Å². The molecule has 0 aliphatic carbocycles. The number of ether oxygens (including phenoxy) is 1. The van der Waals surface area contributed by atoms with E-state index in [1.54, 1.807) is 4.57 Å². The van der Waals surface area contributed by atoms with Crippen molar-refractivity contribution in [2.75, 3.05) is 25.4 Å². The van der Waals surface area contributed by atoms with E-state index in [0.717, 1.165) is 12.0 Å². The first-order valence-electron chi connectivity index (χ1n) is 8.05. The zero-order valence-corrected chi connectivity index (χ0v) is 13.7. The van der Waals surface area contributed by atoms with E-state index in [4.69, 9.17) is 16.2 Å². The first-order chi connectivity index (χ1) is 12.0. The number of fused-ring (bicyclic) bond motifs is 1. The Kier molecular flexibility index (Phi) is 5.25. The number of nitrogens with zero attached hydrogens (tertiary/aromatic N) is 4. The Bertz CT molecular complexity index is 750. The predicted molar refractivity (Wildman–Crippen MR) is 91.3 cm³/mol. The summed E-state index contributed by atoms with van der Waals surface area (Å²) in [5, 5.41) is 23.8. The quantitative estimate of drug-likeness (QED) is 0.297. The number of anilines is 1. The van der Waals surface area contributed by atoms with E-state index in [0.29, 0.717) is 30.8 Å². The molecule has 1 saturated heterocycles. The normalized spacial score (nSPS) is 26.4. The minimum absolute atomic E-state index is 0.245. The van der Waals surface area contributed by atoms with Crippen molar-refractivity contribution >= 4 is 17.0 Å². The lowest BCUT2D eigenvalue weighted by atomic mass is 10.1. The summed E-state index contributed by atoms with van der Waals surface area (Å²) in [7, 11) is 0. The number of nitrogens with one attached hydrogen (secondary N) is 1. The third-order valence-corrected chi connectivity index (χ3v) is 4.29. The molecular weight excluding hydrogens is 326 g/mol. The van der Waals surface area contributed by atoms with Gasteiger partial charge in [-0.05, 0) is 13.0 Å². The van der Waals surface area contributed by atoms with Crippen molar-refractivity contribution in [2.45, 2.75) is 31.0 Å². The zero-order chi connectivity index (χ0) is 18.0. The number of aromatic nitrogens is 4. The highest BCUT2D eigenvalue weighted by atomic mass is 16.6. The van der Waals surface area contributed by atoms with Crippen molar-refractivity contribution in [1.82, 2.24) is 24.8 Å². The predicted octanol–water partition coefficient (Wildman–Crippen LogP) is -1.48.